The molecule has 14 heavy (non-hydrogen) atoms. The molecule has 0 saturated carbocycles. The van der Waals surface area contributed by atoms with Gasteiger partial charge in [0.05, 0.1) is 0 Å². The fraction of sp³-hybridized carbons (Fsp3) is 0.222. The van der Waals surface area contributed by atoms with E-state index in [-0.39, 0.29) is 5.75 Å². The van der Waals surface area contributed by atoms with Crippen molar-refractivity contribution < 1.29 is 9.00 Å². The Bertz CT molecular complexity index is 348. The minimum atomic E-state index is -1.22. The maximum atomic E-state index is 11.3. The second-order valence-corrected chi connectivity index (χ2v) is 4.39. The molecular formula is C9H12N2O2S. The molecule has 0 heterocycles. The van der Waals surface area contributed by atoms with E-state index in [1.807, 2.05) is 0 Å². The van der Waals surface area contributed by atoms with Crippen molar-refractivity contribution in [1.82, 2.24) is 0 Å². The maximum Gasteiger partial charge on any atom is 0.230 e. The van der Waals surface area contributed by atoms with Crippen LogP contribution in [0.2, 0.25) is 0 Å². The van der Waals surface area contributed by atoms with Gasteiger partial charge >= 0.3 is 0 Å². The summed E-state index contributed by atoms with van der Waals surface area (Å²) in [7, 11) is -1.22. The Kier molecular flexibility index (Phi) is 3.64. The topological polar surface area (TPSA) is 86.2 Å². The molecule has 0 aliphatic carbocycles. The van der Waals surface area contributed by atoms with Gasteiger partial charge in [0, 0.05) is 22.2 Å². The summed E-state index contributed by atoms with van der Waals surface area (Å²) in [6.45, 7) is 0. The van der Waals surface area contributed by atoms with E-state index in [4.69, 9.17) is 11.5 Å². The molecule has 0 radical (unpaired) electrons. The molecule has 0 saturated heterocycles. The van der Waals surface area contributed by atoms with E-state index in [0.29, 0.717) is 11.4 Å². The Hall–Kier alpha value is -1.36. The number of primary amides is 1. The first kappa shape index (κ1) is 10.7. The molecule has 0 fully saturated rings. The van der Waals surface area contributed by atoms with Crippen molar-refractivity contribution in [2.45, 2.75) is 5.75 Å². The molecule has 5 heteroatoms. The number of benzene rings is 1. The lowest BCUT2D eigenvalue weighted by atomic mass is 10.2. The van der Waals surface area contributed by atoms with Gasteiger partial charge in [-0.25, -0.2) is 0 Å². The van der Waals surface area contributed by atoms with E-state index >= 15 is 0 Å². The fourth-order valence-electron chi connectivity index (χ4n) is 1.01. The van der Waals surface area contributed by atoms with Crippen molar-refractivity contribution in [1.29, 1.82) is 0 Å². The molecule has 1 aromatic carbocycles. The summed E-state index contributed by atoms with van der Waals surface area (Å²) in [5.74, 6) is -0.299. The zero-order chi connectivity index (χ0) is 10.6. The lowest BCUT2D eigenvalue weighted by Gasteiger charge is -2.00. The van der Waals surface area contributed by atoms with Gasteiger partial charge in [-0.3, -0.25) is 9.00 Å². The van der Waals surface area contributed by atoms with Gasteiger partial charge in [-0.2, -0.15) is 0 Å². The number of hydrogen-bond donors (Lipinski definition) is 2. The van der Waals surface area contributed by atoms with Crippen LogP contribution in [-0.2, 0) is 21.3 Å². The Morgan fingerprint density at radius 1 is 1.29 bits per heavy atom. The van der Waals surface area contributed by atoms with Gasteiger partial charge in [0.2, 0.25) is 5.91 Å². The molecule has 76 valence electrons. The zero-order valence-corrected chi connectivity index (χ0v) is 8.42. The minimum absolute atomic E-state index is 0.0929. The molecule has 4 N–H and O–H groups in total. The summed E-state index contributed by atoms with van der Waals surface area (Å²) in [6.07, 6.45) is 0. The summed E-state index contributed by atoms with van der Waals surface area (Å²) >= 11 is 0. The van der Waals surface area contributed by atoms with Crippen LogP contribution in [0.15, 0.2) is 24.3 Å². The highest BCUT2D eigenvalue weighted by Crippen LogP contribution is 2.07. The summed E-state index contributed by atoms with van der Waals surface area (Å²) in [5, 5.41) is 0. The van der Waals surface area contributed by atoms with Crippen LogP contribution in [0.4, 0.5) is 5.69 Å². The van der Waals surface area contributed by atoms with Crippen LogP contribution >= 0.6 is 0 Å². The van der Waals surface area contributed by atoms with E-state index in [1.54, 1.807) is 24.3 Å². The molecule has 0 aliphatic rings. The average molecular weight is 212 g/mol. The van der Waals surface area contributed by atoms with Gasteiger partial charge in [0.25, 0.3) is 0 Å². The van der Waals surface area contributed by atoms with E-state index in [1.165, 1.54) is 0 Å². The van der Waals surface area contributed by atoms with Gasteiger partial charge in [0.1, 0.15) is 5.75 Å². The number of carbonyl (C=O) groups excluding carboxylic acids is 1. The second-order valence-electron chi connectivity index (χ2n) is 2.94. The molecular weight excluding hydrogens is 200 g/mol. The summed E-state index contributed by atoms with van der Waals surface area (Å²) in [5.41, 5.74) is 12.0. The monoisotopic (exact) mass is 212 g/mol. The highest BCUT2D eigenvalue weighted by Gasteiger charge is 2.04. The zero-order valence-electron chi connectivity index (χ0n) is 7.60. The third-order valence-corrected chi connectivity index (χ3v) is 2.87. The standard InChI is InChI=1S/C9H12N2O2S/c10-8-3-1-7(2-4-8)5-14(13)6-9(11)12/h1-4H,5-6,10H2,(H2,11,12). The van der Waals surface area contributed by atoms with Gasteiger partial charge in [-0.15, -0.1) is 0 Å². The highest BCUT2D eigenvalue weighted by atomic mass is 32.2. The first-order valence-electron chi connectivity index (χ1n) is 4.05. The van der Waals surface area contributed by atoms with Crippen LogP contribution in [0.3, 0.4) is 0 Å². The molecule has 1 atom stereocenters. The van der Waals surface area contributed by atoms with Gasteiger partial charge < -0.3 is 11.5 Å². The van der Waals surface area contributed by atoms with Crippen molar-refractivity contribution in [3.63, 3.8) is 0 Å². The second kappa shape index (κ2) is 4.76. The number of anilines is 1. The largest absolute Gasteiger partial charge is 0.399 e. The normalized spacial score (nSPS) is 12.3. The van der Waals surface area contributed by atoms with Crippen LogP contribution in [0.1, 0.15) is 5.56 Å². The van der Waals surface area contributed by atoms with Crippen LogP contribution in [0.5, 0.6) is 0 Å². The number of nitrogens with two attached hydrogens (primary N) is 2. The molecule has 0 aromatic heterocycles. The number of nitrogen functional groups attached to an aromatic ring is 1. The molecule has 0 spiro atoms. The summed E-state index contributed by atoms with van der Waals surface area (Å²) in [4.78, 5) is 10.5. The third kappa shape index (κ3) is 3.57. The van der Waals surface area contributed by atoms with Crippen molar-refractivity contribution in [3.8, 4) is 0 Å². The molecule has 0 bridgehead atoms. The SMILES string of the molecule is NC(=O)CS(=O)Cc1ccc(N)cc1. The minimum Gasteiger partial charge on any atom is -0.399 e. The molecule has 1 rings (SSSR count). The van der Waals surface area contributed by atoms with Crippen LogP contribution in [0.25, 0.3) is 0 Å². The van der Waals surface area contributed by atoms with E-state index in [9.17, 15) is 9.00 Å². The molecule has 1 amide bonds. The number of amides is 1. The fourth-order valence-corrected chi connectivity index (χ4v) is 1.99. The van der Waals surface area contributed by atoms with Crippen LogP contribution < -0.4 is 11.5 Å². The van der Waals surface area contributed by atoms with Crippen LogP contribution in [0, 0.1) is 0 Å². The molecule has 1 aromatic rings. The Morgan fingerprint density at radius 3 is 2.36 bits per heavy atom. The lowest BCUT2D eigenvalue weighted by molar-refractivity contribution is -0.115. The molecule has 4 nitrogen and oxygen atoms in total. The number of carbonyl (C=O) groups is 1. The van der Waals surface area contributed by atoms with Crippen molar-refractivity contribution >= 4 is 22.4 Å². The van der Waals surface area contributed by atoms with Crippen LogP contribution in [-0.4, -0.2) is 15.9 Å². The van der Waals surface area contributed by atoms with E-state index in [2.05, 4.69) is 0 Å². The van der Waals surface area contributed by atoms with Crippen molar-refractivity contribution in [2.75, 3.05) is 11.5 Å². The van der Waals surface area contributed by atoms with Crippen molar-refractivity contribution in [3.05, 3.63) is 29.8 Å². The Balaban J connectivity index is 2.56. The quantitative estimate of drug-likeness (QED) is 0.689. The summed E-state index contributed by atoms with van der Waals surface area (Å²) in [6, 6.07) is 7.04. The number of rotatable bonds is 4. The smallest absolute Gasteiger partial charge is 0.230 e. The Morgan fingerprint density at radius 2 is 1.86 bits per heavy atom. The molecule has 0 aliphatic heterocycles. The van der Waals surface area contributed by atoms with Gasteiger partial charge in [-0.05, 0) is 17.7 Å². The molecule has 1 unspecified atom stereocenters. The Labute approximate surface area is 84.7 Å². The number of hydrogen-bond acceptors (Lipinski definition) is 3. The van der Waals surface area contributed by atoms with Crippen molar-refractivity contribution in [2.24, 2.45) is 5.73 Å². The van der Waals surface area contributed by atoms with E-state index in [0.717, 1.165) is 5.56 Å². The van der Waals surface area contributed by atoms with E-state index < -0.39 is 16.7 Å². The predicted molar refractivity (Wildman–Crippen MR) is 56.8 cm³/mol. The first-order valence-corrected chi connectivity index (χ1v) is 5.54. The van der Waals surface area contributed by atoms with Gasteiger partial charge in [0.15, 0.2) is 0 Å². The predicted octanol–water partition coefficient (Wildman–Crippen LogP) is 0.00280. The lowest BCUT2D eigenvalue weighted by Crippen LogP contribution is -2.20. The highest BCUT2D eigenvalue weighted by molar-refractivity contribution is 7.84. The maximum absolute atomic E-state index is 11.3. The average Bonchev–Trinajstić information content (AvgIpc) is 2.07. The third-order valence-electron chi connectivity index (χ3n) is 1.61. The summed E-state index contributed by atoms with van der Waals surface area (Å²) < 4.78 is 11.3. The van der Waals surface area contributed by atoms with Gasteiger partial charge in [-0.1, -0.05) is 12.1 Å². The first-order chi connectivity index (χ1) is 6.58.